The summed E-state index contributed by atoms with van der Waals surface area (Å²) < 4.78 is 0. The van der Waals surface area contributed by atoms with Gasteiger partial charge >= 0.3 is 0 Å². The molecule has 0 atom stereocenters. The van der Waals surface area contributed by atoms with Gasteiger partial charge in [0.2, 0.25) is 5.91 Å². The van der Waals surface area contributed by atoms with E-state index >= 15 is 0 Å². The van der Waals surface area contributed by atoms with E-state index < -0.39 is 0 Å². The monoisotopic (exact) mass is 350 g/mol. The van der Waals surface area contributed by atoms with Gasteiger partial charge in [-0.05, 0) is 41.2 Å². The van der Waals surface area contributed by atoms with Gasteiger partial charge in [0, 0.05) is 31.6 Å². The number of likely N-dealkylation sites (tertiary alicyclic amines) is 1. The fourth-order valence-corrected chi connectivity index (χ4v) is 3.44. The van der Waals surface area contributed by atoms with Crippen LogP contribution in [0.4, 0.5) is 0 Å². The summed E-state index contributed by atoms with van der Waals surface area (Å²) >= 11 is 0. The third-order valence-corrected chi connectivity index (χ3v) is 4.86. The van der Waals surface area contributed by atoms with Gasteiger partial charge in [0.15, 0.2) is 0 Å². The number of carbonyl (C=O) groups is 2. The van der Waals surface area contributed by atoms with E-state index in [9.17, 15) is 9.59 Å². The Balaban J connectivity index is 1.69. The molecule has 2 amide bonds. The molecule has 4 heteroatoms. The van der Waals surface area contributed by atoms with E-state index in [1.165, 1.54) is 11.1 Å². The summed E-state index contributed by atoms with van der Waals surface area (Å²) in [7, 11) is 0. The number of rotatable bonds is 6. The molecule has 1 saturated heterocycles. The van der Waals surface area contributed by atoms with Crippen molar-refractivity contribution in [3.63, 3.8) is 0 Å². The second-order valence-electron chi connectivity index (χ2n) is 7.06. The van der Waals surface area contributed by atoms with E-state index in [0.29, 0.717) is 31.0 Å². The highest BCUT2D eigenvalue weighted by atomic mass is 16.2. The van der Waals surface area contributed by atoms with Crippen molar-refractivity contribution >= 4 is 11.8 Å². The number of nitrogens with one attached hydrogen (secondary N) is 1. The Labute approximate surface area is 155 Å². The molecule has 2 aromatic carbocycles. The molecule has 26 heavy (non-hydrogen) atoms. The Morgan fingerprint density at radius 2 is 1.96 bits per heavy atom. The van der Waals surface area contributed by atoms with Crippen LogP contribution in [0.5, 0.6) is 0 Å². The van der Waals surface area contributed by atoms with Crippen LogP contribution in [0.3, 0.4) is 0 Å². The highest BCUT2D eigenvalue weighted by Crippen LogP contribution is 2.29. The van der Waals surface area contributed by atoms with Crippen molar-refractivity contribution in [3.05, 3.63) is 59.7 Å². The Hall–Kier alpha value is -2.62. The Bertz CT molecular complexity index is 798. The largest absolute Gasteiger partial charge is 0.350 e. The van der Waals surface area contributed by atoms with Crippen LogP contribution < -0.4 is 5.32 Å². The van der Waals surface area contributed by atoms with Crippen LogP contribution in [0.15, 0.2) is 48.5 Å². The number of carbonyl (C=O) groups excluding carboxylic acids is 2. The molecule has 3 rings (SSSR count). The fourth-order valence-electron chi connectivity index (χ4n) is 3.44. The normalized spacial score (nSPS) is 14.1. The summed E-state index contributed by atoms with van der Waals surface area (Å²) in [4.78, 5) is 25.9. The molecule has 1 heterocycles. The maximum atomic E-state index is 12.5. The van der Waals surface area contributed by atoms with E-state index in [1.807, 2.05) is 35.2 Å². The van der Waals surface area contributed by atoms with Gasteiger partial charge in [-0.15, -0.1) is 0 Å². The third kappa shape index (κ3) is 4.13. The predicted molar refractivity (Wildman–Crippen MR) is 104 cm³/mol. The molecule has 1 N–H and O–H groups in total. The van der Waals surface area contributed by atoms with Crippen molar-refractivity contribution in [2.45, 2.75) is 32.6 Å². The zero-order valence-corrected chi connectivity index (χ0v) is 15.5. The number of nitrogens with zero attached hydrogens (tertiary/aromatic N) is 1. The van der Waals surface area contributed by atoms with Crippen molar-refractivity contribution in [1.29, 1.82) is 0 Å². The minimum atomic E-state index is -0.0967. The molecule has 1 aliphatic rings. The summed E-state index contributed by atoms with van der Waals surface area (Å²) in [6.07, 6.45) is 1.55. The van der Waals surface area contributed by atoms with Crippen LogP contribution in [-0.4, -0.2) is 36.3 Å². The van der Waals surface area contributed by atoms with Crippen LogP contribution in [0, 0.1) is 0 Å². The van der Waals surface area contributed by atoms with Gasteiger partial charge in [-0.2, -0.15) is 0 Å². The summed E-state index contributed by atoms with van der Waals surface area (Å²) in [5.74, 6) is 0.508. The zero-order valence-electron chi connectivity index (χ0n) is 15.5. The van der Waals surface area contributed by atoms with E-state index in [2.05, 4.69) is 37.4 Å². The molecular formula is C22H26N2O2. The number of benzene rings is 2. The van der Waals surface area contributed by atoms with Gasteiger partial charge in [-0.1, -0.05) is 50.2 Å². The highest BCUT2D eigenvalue weighted by molar-refractivity contribution is 5.95. The maximum Gasteiger partial charge on any atom is 0.251 e. The molecule has 0 aliphatic carbocycles. The summed E-state index contributed by atoms with van der Waals surface area (Å²) in [5, 5.41) is 2.93. The molecular weight excluding hydrogens is 324 g/mol. The van der Waals surface area contributed by atoms with Crippen molar-refractivity contribution in [2.75, 3.05) is 19.6 Å². The second kappa shape index (κ2) is 8.17. The lowest BCUT2D eigenvalue weighted by molar-refractivity contribution is -0.127. The quantitative estimate of drug-likeness (QED) is 0.861. The van der Waals surface area contributed by atoms with Crippen molar-refractivity contribution < 1.29 is 9.59 Å². The molecule has 0 unspecified atom stereocenters. The Morgan fingerprint density at radius 1 is 1.15 bits per heavy atom. The van der Waals surface area contributed by atoms with Crippen LogP contribution in [-0.2, 0) is 4.79 Å². The van der Waals surface area contributed by atoms with Crippen LogP contribution in [0.2, 0.25) is 0 Å². The Morgan fingerprint density at radius 3 is 2.69 bits per heavy atom. The van der Waals surface area contributed by atoms with Gasteiger partial charge in [-0.3, -0.25) is 9.59 Å². The summed E-state index contributed by atoms with van der Waals surface area (Å²) in [5.41, 5.74) is 4.14. The van der Waals surface area contributed by atoms with Crippen LogP contribution in [0.1, 0.15) is 48.5 Å². The van der Waals surface area contributed by atoms with Gasteiger partial charge in [-0.25, -0.2) is 0 Å². The van der Waals surface area contributed by atoms with Crippen molar-refractivity contribution in [2.24, 2.45) is 0 Å². The molecule has 136 valence electrons. The number of hydrogen-bond acceptors (Lipinski definition) is 2. The third-order valence-electron chi connectivity index (χ3n) is 4.86. The second-order valence-corrected chi connectivity index (χ2v) is 7.06. The predicted octanol–water partition coefficient (Wildman–Crippen LogP) is 3.83. The lowest BCUT2D eigenvalue weighted by Gasteiger charge is -2.16. The molecule has 0 spiro atoms. The number of hydrogen-bond donors (Lipinski definition) is 1. The van der Waals surface area contributed by atoms with E-state index in [0.717, 1.165) is 18.5 Å². The zero-order chi connectivity index (χ0) is 18.5. The molecule has 1 fully saturated rings. The van der Waals surface area contributed by atoms with Crippen molar-refractivity contribution in [1.82, 2.24) is 10.2 Å². The minimum absolute atomic E-state index is 0.0967. The first kappa shape index (κ1) is 18.2. The average molecular weight is 350 g/mol. The first-order chi connectivity index (χ1) is 12.6. The van der Waals surface area contributed by atoms with E-state index in [-0.39, 0.29) is 11.8 Å². The molecule has 1 aliphatic heterocycles. The lowest BCUT2D eigenvalue weighted by atomic mass is 9.92. The maximum absolute atomic E-state index is 12.5. The highest BCUT2D eigenvalue weighted by Gasteiger charge is 2.19. The van der Waals surface area contributed by atoms with Gasteiger partial charge in [0.05, 0.1) is 0 Å². The Kier molecular flexibility index (Phi) is 5.71. The van der Waals surface area contributed by atoms with Gasteiger partial charge < -0.3 is 10.2 Å². The molecule has 2 aromatic rings. The first-order valence-electron chi connectivity index (χ1n) is 9.31. The van der Waals surface area contributed by atoms with Gasteiger partial charge in [0.25, 0.3) is 5.91 Å². The smallest absolute Gasteiger partial charge is 0.251 e. The first-order valence-corrected chi connectivity index (χ1v) is 9.31. The van der Waals surface area contributed by atoms with Crippen LogP contribution >= 0.6 is 0 Å². The summed E-state index contributed by atoms with van der Waals surface area (Å²) in [6.45, 7) is 6.22. The standard InChI is InChI=1S/C22H26N2O2/c1-16(2)19-9-3-4-10-20(19)17-7-5-8-18(15-17)22(26)23-12-14-24-13-6-11-21(24)25/h3-5,7-10,15-16H,6,11-14H2,1-2H3,(H,23,26). The molecule has 0 bridgehead atoms. The van der Waals surface area contributed by atoms with Gasteiger partial charge in [0.1, 0.15) is 0 Å². The number of amides is 2. The summed E-state index contributed by atoms with van der Waals surface area (Å²) in [6, 6.07) is 16.1. The fraction of sp³-hybridized carbons (Fsp3) is 0.364. The van der Waals surface area contributed by atoms with Crippen LogP contribution in [0.25, 0.3) is 11.1 Å². The average Bonchev–Trinajstić information content (AvgIpc) is 3.06. The van der Waals surface area contributed by atoms with E-state index in [4.69, 9.17) is 0 Å². The SMILES string of the molecule is CC(C)c1ccccc1-c1cccc(C(=O)NCCN2CCCC2=O)c1. The lowest BCUT2D eigenvalue weighted by Crippen LogP contribution is -2.35. The molecule has 4 nitrogen and oxygen atoms in total. The molecule has 0 radical (unpaired) electrons. The van der Waals surface area contributed by atoms with E-state index in [1.54, 1.807) is 0 Å². The van der Waals surface area contributed by atoms with Crippen molar-refractivity contribution in [3.8, 4) is 11.1 Å². The molecule has 0 saturated carbocycles. The topological polar surface area (TPSA) is 49.4 Å². The minimum Gasteiger partial charge on any atom is -0.350 e. The molecule has 0 aromatic heterocycles.